The average Bonchev–Trinajstić information content (AvgIpc) is 2.78. The summed E-state index contributed by atoms with van der Waals surface area (Å²) in [5, 5.41) is 0.962. The maximum absolute atomic E-state index is 12.6. The lowest BCUT2D eigenvalue weighted by Gasteiger charge is -2.25. The molecule has 0 aliphatic carbocycles. The molecule has 0 spiro atoms. The number of hydrogen-bond donors (Lipinski definition) is 1. The minimum absolute atomic E-state index is 0.0447. The van der Waals surface area contributed by atoms with Crippen LogP contribution in [0.15, 0.2) is 36.5 Å². The van der Waals surface area contributed by atoms with Crippen molar-refractivity contribution in [3.63, 3.8) is 0 Å². The first-order chi connectivity index (χ1) is 9.11. The Hall–Kier alpha value is -1.78. The first-order valence-electron chi connectivity index (χ1n) is 6.34. The highest BCUT2D eigenvalue weighted by molar-refractivity contribution is 6.03. The second-order valence-corrected chi connectivity index (χ2v) is 5.28. The number of carbonyl (C=O) groups excluding carboxylic acids is 1. The number of fused-ring (bicyclic) bond motifs is 1. The summed E-state index contributed by atoms with van der Waals surface area (Å²) in [6, 6.07) is 9.13. The van der Waals surface area contributed by atoms with Crippen LogP contribution in [0.25, 0.3) is 10.9 Å². The summed E-state index contributed by atoms with van der Waals surface area (Å²) in [5.41, 5.74) is 6.93. The fourth-order valence-electron chi connectivity index (χ4n) is 2.47. The van der Waals surface area contributed by atoms with Gasteiger partial charge < -0.3 is 10.5 Å². The largest absolute Gasteiger partial charge is 0.379 e. The minimum Gasteiger partial charge on any atom is -0.379 e. The number of ether oxygens (including phenoxy) is 1. The van der Waals surface area contributed by atoms with Gasteiger partial charge in [0, 0.05) is 23.2 Å². The van der Waals surface area contributed by atoms with Crippen molar-refractivity contribution in [2.24, 2.45) is 11.1 Å². The molecule has 2 atom stereocenters. The molecule has 0 amide bonds. The fourth-order valence-corrected chi connectivity index (χ4v) is 2.47. The van der Waals surface area contributed by atoms with Crippen LogP contribution in [0, 0.1) is 5.41 Å². The van der Waals surface area contributed by atoms with Crippen molar-refractivity contribution in [1.82, 2.24) is 4.98 Å². The highest BCUT2D eigenvalue weighted by atomic mass is 16.5. The van der Waals surface area contributed by atoms with Crippen LogP contribution in [0.4, 0.5) is 0 Å². The van der Waals surface area contributed by atoms with Crippen LogP contribution in [-0.4, -0.2) is 30.0 Å². The third kappa shape index (κ3) is 1.93. The van der Waals surface area contributed by atoms with Gasteiger partial charge in [0.2, 0.25) is 0 Å². The molecule has 3 rings (SSSR count). The molecule has 0 radical (unpaired) electrons. The lowest BCUT2D eigenvalue weighted by molar-refractivity contribution is 0.0768. The molecular formula is C15H16N2O2. The van der Waals surface area contributed by atoms with Crippen molar-refractivity contribution in [1.29, 1.82) is 0 Å². The van der Waals surface area contributed by atoms with E-state index in [1.54, 1.807) is 6.20 Å². The fraction of sp³-hybridized carbons (Fsp3) is 0.333. The SMILES string of the molecule is CC1(C(=O)c2ccc3ncccc3c2)COCC1N. The molecule has 1 aromatic heterocycles. The van der Waals surface area contributed by atoms with Gasteiger partial charge in [-0.2, -0.15) is 0 Å². The maximum atomic E-state index is 12.6. The number of carbonyl (C=O) groups is 1. The molecule has 2 unspecified atom stereocenters. The van der Waals surface area contributed by atoms with E-state index in [1.165, 1.54) is 0 Å². The number of ketones is 1. The van der Waals surface area contributed by atoms with E-state index in [0.717, 1.165) is 10.9 Å². The number of Topliss-reactive ketones (excluding diaryl/α,β-unsaturated/α-hetero) is 1. The van der Waals surface area contributed by atoms with Gasteiger partial charge in [-0.1, -0.05) is 6.07 Å². The number of hydrogen-bond acceptors (Lipinski definition) is 4. The van der Waals surface area contributed by atoms with Crippen molar-refractivity contribution in [3.8, 4) is 0 Å². The van der Waals surface area contributed by atoms with Crippen molar-refractivity contribution in [2.45, 2.75) is 13.0 Å². The number of nitrogens with two attached hydrogens (primary N) is 1. The molecule has 19 heavy (non-hydrogen) atoms. The molecule has 1 aliphatic heterocycles. The summed E-state index contributed by atoms with van der Waals surface area (Å²) < 4.78 is 5.34. The highest BCUT2D eigenvalue weighted by Crippen LogP contribution is 2.31. The van der Waals surface area contributed by atoms with E-state index in [0.29, 0.717) is 18.8 Å². The molecular weight excluding hydrogens is 240 g/mol. The molecule has 2 aromatic rings. The molecule has 1 fully saturated rings. The van der Waals surface area contributed by atoms with Crippen molar-refractivity contribution >= 4 is 16.7 Å². The first kappa shape index (κ1) is 12.3. The van der Waals surface area contributed by atoms with Gasteiger partial charge in [0.15, 0.2) is 5.78 Å². The molecule has 2 N–H and O–H groups in total. The summed E-state index contributed by atoms with van der Waals surface area (Å²) in [6.07, 6.45) is 1.74. The van der Waals surface area contributed by atoms with E-state index in [-0.39, 0.29) is 11.8 Å². The maximum Gasteiger partial charge on any atom is 0.172 e. The second kappa shape index (κ2) is 4.40. The van der Waals surface area contributed by atoms with Gasteiger partial charge in [0.05, 0.1) is 24.1 Å². The van der Waals surface area contributed by atoms with E-state index in [4.69, 9.17) is 10.5 Å². The first-order valence-corrected chi connectivity index (χ1v) is 6.34. The van der Waals surface area contributed by atoms with Crippen LogP contribution in [0.5, 0.6) is 0 Å². The quantitative estimate of drug-likeness (QED) is 0.832. The smallest absolute Gasteiger partial charge is 0.172 e. The van der Waals surface area contributed by atoms with Crippen LogP contribution in [0.3, 0.4) is 0 Å². The predicted octanol–water partition coefficient (Wildman–Crippen LogP) is 1.78. The lowest BCUT2D eigenvalue weighted by atomic mass is 9.78. The lowest BCUT2D eigenvalue weighted by Crippen LogP contribution is -2.44. The second-order valence-electron chi connectivity index (χ2n) is 5.28. The number of pyridine rings is 1. The van der Waals surface area contributed by atoms with Crippen molar-refractivity contribution in [2.75, 3.05) is 13.2 Å². The zero-order chi connectivity index (χ0) is 13.5. The molecule has 1 aromatic carbocycles. The van der Waals surface area contributed by atoms with Gasteiger partial charge >= 0.3 is 0 Å². The van der Waals surface area contributed by atoms with Crippen molar-refractivity contribution in [3.05, 3.63) is 42.1 Å². The standard InChI is InChI=1S/C15H16N2O2/c1-15(9-19-8-13(15)16)14(18)11-4-5-12-10(7-11)3-2-6-17-12/h2-7,13H,8-9,16H2,1H3. The molecule has 1 saturated heterocycles. The zero-order valence-corrected chi connectivity index (χ0v) is 10.8. The Labute approximate surface area is 111 Å². The highest BCUT2D eigenvalue weighted by Gasteiger charge is 2.44. The minimum atomic E-state index is -0.629. The Bertz CT molecular complexity index is 641. The van der Waals surface area contributed by atoms with Crippen molar-refractivity contribution < 1.29 is 9.53 Å². The monoisotopic (exact) mass is 256 g/mol. The molecule has 4 heteroatoms. The summed E-state index contributed by atoms with van der Waals surface area (Å²) in [4.78, 5) is 16.9. The molecule has 0 saturated carbocycles. The van der Waals surface area contributed by atoms with Crippen LogP contribution in [0.2, 0.25) is 0 Å². The topological polar surface area (TPSA) is 65.2 Å². The zero-order valence-electron chi connectivity index (χ0n) is 10.8. The normalized spacial score (nSPS) is 26.7. The number of aromatic nitrogens is 1. The van der Waals surface area contributed by atoms with Gasteiger partial charge in [-0.3, -0.25) is 9.78 Å². The van der Waals surface area contributed by atoms with E-state index < -0.39 is 5.41 Å². The van der Waals surface area contributed by atoms with Crippen LogP contribution in [-0.2, 0) is 4.74 Å². The average molecular weight is 256 g/mol. The van der Waals surface area contributed by atoms with E-state index in [2.05, 4.69) is 4.98 Å². The Morgan fingerprint density at radius 2 is 2.32 bits per heavy atom. The number of nitrogens with zero attached hydrogens (tertiary/aromatic N) is 1. The molecule has 0 bridgehead atoms. The van der Waals surface area contributed by atoms with Gasteiger partial charge in [-0.05, 0) is 31.2 Å². The van der Waals surface area contributed by atoms with E-state index in [9.17, 15) is 4.79 Å². The van der Waals surface area contributed by atoms with Crippen LogP contribution in [0.1, 0.15) is 17.3 Å². The molecule has 2 heterocycles. The van der Waals surface area contributed by atoms with Gasteiger partial charge in [-0.25, -0.2) is 0 Å². The van der Waals surface area contributed by atoms with Gasteiger partial charge in [0.1, 0.15) is 0 Å². The Balaban J connectivity index is 2.02. The third-order valence-corrected chi connectivity index (χ3v) is 3.90. The Morgan fingerprint density at radius 3 is 3.05 bits per heavy atom. The molecule has 4 nitrogen and oxygen atoms in total. The van der Waals surface area contributed by atoms with Crippen LogP contribution < -0.4 is 5.73 Å². The summed E-state index contributed by atoms with van der Waals surface area (Å²) >= 11 is 0. The Kier molecular flexibility index (Phi) is 2.84. The third-order valence-electron chi connectivity index (χ3n) is 3.90. The Morgan fingerprint density at radius 1 is 1.47 bits per heavy atom. The van der Waals surface area contributed by atoms with Crippen LogP contribution >= 0.6 is 0 Å². The van der Waals surface area contributed by atoms with Gasteiger partial charge in [-0.15, -0.1) is 0 Å². The predicted molar refractivity (Wildman–Crippen MR) is 73.0 cm³/mol. The number of rotatable bonds is 2. The molecule has 1 aliphatic rings. The summed E-state index contributed by atoms with van der Waals surface area (Å²) in [7, 11) is 0. The number of benzene rings is 1. The van der Waals surface area contributed by atoms with E-state index >= 15 is 0 Å². The van der Waals surface area contributed by atoms with E-state index in [1.807, 2.05) is 37.3 Å². The van der Waals surface area contributed by atoms with Gasteiger partial charge in [0.25, 0.3) is 0 Å². The summed E-state index contributed by atoms with van der Waals surface area (Å²) in [5.74, 6) is 0.0447. The summed E-state index contributed by atoms with van der Waals surface area (Å²) in [6.45, 7) is 2.70. The molecule has 98 valence electrons.